The highest BCUT2D eigenvalue weighted by molar-refractivity contribution is 9.10. The van der Waals surface area contributed by atoms with Crippen molar-refractivity contribution in [2.75, 3.05) is 12.3 Å². The number of hydrogen-bond donors (Lipinski definition) is 5. The molecule has 0 amide bonds. The quantitative estimate of drug-likeness (QED) is 0.446. The van der Waals surface area contributed by atoms with Gasteiger partial charge in [0.25, 0.3) is 5.56 Å². The second-order valence-corrected chi connectivity index (χ2v) is 5.55. The van der Waals surface area contributed by atoms with Gasteiger partial charge in [0.05, 0.1) is 22.9 Å². The van der Waals surface area contributed by atoms with E-state index >= 15 is 0 Å². The minimum absolute atomic E-state index is 0.112. The first kappa shape index (κ1) is 14.5. The summed E-state index contributed by atoms with van der Waals surface area (Å²) in [5, 5.41) is 29.0. The summed E-state index contributed by atoms with van der Waals surface area (Å²) in [7, 11) is 0. The molecule has 2 aromatic heterocycles. The van der Waals surface area contributed by atoms with Gasteiger partial charge in [-0.25, -0.2) is 4.98 Å². The van der Waals surface area contributed by atoms with Gasteiger partial charge in [0.2, 0.25) is 0 Å². The van der Waals surface area contributed by atoms with E-state index in [1.54, 1.807) is 0 Å². The molecule has 21 heavy (non-hydrogen) atoms. The molecular formula is C11H13BrN4O5. The van der Waals surface area contributed by atoms with Crippen LogP contribution in [0.4, 0.5) is 5.82 Å². The fraction of sp³-hybridized carbons (Fsp3) is 0.455. The Labute approximate surface area is 126 Å². The highest BCUT2D eigenvalue weighted by Crippen LogP contribution is 2.34. The summed E-state index contributed by atoms with van der Waals surface area (Å²) < 4.78 is 7.21. The number of ether oxygens (including phenoxy) is 1. The number of aliphatic hydroxyl groups is 3. The third kappa shape index (κ3) is 2.07. The van der Waals surface area contributed by atoms with E-state index in [0.29, 0.717) is 9.99 Å². The van der Waals surface area contributed by atoms with Gasteiger partial charge >= 0.3 is 0 Å². The maximum Gasteiger partial charge on any atom is 0.277 e. The Morgan fingerprint density at radius 1 is 1.48 bits per heavy atom. The molecule has 1 aliphatic heterocycles. The predicted octanol–water partition coefficient (Wildman–Crippen LogP) is -1.32. The number of H-pyrrole nitrogens is 1. The Bertz CT molecular complexity index is 744. The van der Waals surface area contributed by atoms with Gasteiger partial charge in [0.15, 0.2) is 11.7 Å². The van der Waals surface area contributed by atoms with Crippen LogP contribution in [0.2, 0.25) is 0 Å². The van der Waals surface area contributed by atoms with Crippen LogP contribution >= 0.6 is 15.9 Å². The van der Waals surface area contributed by atoms with Gasteiger partial charge in [0, 0.05) is 0 Å². The van der Waals surface area contributed by atoms with Crippen LogP contribution in [-0.4, -0.2) is 54.8 Å². The Hall–Kier alpha value is -1.46. The molecule has 4 atom stereocenters. The summed E-state index contributed by atoms with van der Waals surface area (Å²) >= 11 is 3.25. The minimum atomic E-state index is -1.27. The highest BCUT2D eigenvalue weighted by atomic mass is 79.9. The third-order valence-electron chi connectivity index (χ3n) is 3.49. The Morgan fingerprint density at radius 2 is 2.19 bits per heavy atom. The van der Waals surface area contributed by atoms with E-state index in [1.165, 1.54) is 10.9 Å². The SMILES string of the molecule is Nc1[nH]c(=O)c2ncn([C@@H]3O[C@H](CO)[C@H](O)[C@H]3O)c2c1Br. The van der Waals surface area contributed by atoms with E-state index in [-0.39, 0.29) is 11.3 Å². The van der Waals surface area contributed by atoms with Crippen molar-refractivity contribution in [1.29, 1.82) is 0 Å². The molecule has 10 heteroatoms. The van der Waals surface area contributed by atoms with E-state index in [0.717, 1.165) is 0 Å². The summed E-state index contributed by atoms with van der Waals surface area (Å²) in [5.41, 5.74) is 5.68. The second-order valence-electron chi connectivity index (χ2n) is 4.76. The van der Waals surface area contributed by atoms with Crippen LogP contribution in [0.3, 0.4) is 0 Å². The Kier molecular flexibility index (Phi) is 3.50. The molecule has 6 N–H and O–H groups in total. The molecule has 2 aromatic rings. The van der Waals surface area contributed by atoms with E-state index in [4.69, 9.17) is 15.6 Å². The molecule has 0 saturated carbocycles. The molecular weight excluding hydrogens is 348 g/mol. The number of nitrogens with zero attached hydrogens (tertiary/aromatic N) is 2. The van der Waals surface area contributed by atoms with Crippen molar-refractivity contribution >= 4 is 32.8 Å². The maximum absolute atomic E-state index is 11.8. The van der Waals surface area contributed by atoms with E-state index in [9.17, 15) is 15.0 Å². The van der Waals surface area contributed by atoms with Crippen molar-refractivity contribution in [2.45, 2.75) is 24.5 Å². The number of anilines is 1. The number of aromatic nitrogens is 3. The topological polar surface area (TPSA) is 147 Å². The summed E-state index contributed by atoms with van der Waals surface area (Å²) in [5.74, 6) is 0.112. The lowest BCUT2D eigenvalue weighted by Gasteiger charge is -2.17. The molecule has 0 aromatic carbocycles. The van der Waals surface area contributed by atoms with Gasteiger partial charge in [-0.1, -0.05) is 0 Å². The summed E-state index contributed by atoms with van der Waals surface area (Å²) in [6.07, 6.45) is -3.10. The summed E-state index contributed by atoms with van der Waals surface area (Å²) in [4.78, 5) is 18.2. The van der Waals surface area contributed by atoms with Gasteiger partial charge in [-0.2, -0.15) is 0 Å². The van der Waals surface area contributed by atoms with Gasteiger partial charge < -0.3 is 30.8 Å². The normalized spacial score (nSPS) is 29.3. The molecule has 0 radical (unpaired) electrons. The van der Waals surface area contributed by atoms with Crippen molar-refractivity contribution in [3.05, 3.63) is 21.2 Å². The molecule has 114 valence electrons. The van der Waals surface area contributed by atoms with Crippen molar-refractivity contribution in [3.8, 4) is 0 Å². The number of nitrogen functional groups attached to an aromatic ring is 1. The lowest BCUT2D eigenvalue weighted by atomic mass is 10.1. The van der Waals surface area contributed by atoms with Crippen LogP contribution in [0.1, 0.15) is 6.23 Å². The van der Waals surface area contributed by atoms with Crippen LogP contribution in [-0.2, 0) is 4.74 Å². The largest absolute Gasteiger partial charge is 0.394 e. The standard InChI is InChI=1S/C11H13BrN4O5/c12-4-6-5(10(20)15-9(4)13)14-2-16(6)11-8(19)7(18)3(1-17)21-11/h2-3,7-8,11,17-19H,1H2,(H3,13,15,20)/t3-,7+,8-,11-/m1/s1. The molecule has 3 rings (SSSR count). The molecule has 0 spiro atoms. The average Bonchev–Trinajstić information content (AvgIpc) is 3.00. The molecule has 0 bridgehead atoms. The molecule has 9 nitrogen and oxygen atoms in total. The fourth-order valence-electron chi connectivity index (χ4n) is 2.41. The average molecular weight is 361 g/mol. The number of aliphatic hydroxyl groups excluding tert-OH is 3. The molecule has 0 unspecified atom stereocenters. The van der Waals surface area contributed by atoms with Crippen LogP contribution in [0.15, 0.2) is 15.6 Å². The van der Waals surface area contributed by atoms with Gasteiger partial charge in [-0.05, 0) is 15.9 Å². The molecule has 0 aliphatic carbocycles. The van der Waals surface area contributed by atoms with E-state index in [1.807, 2.05) is 0 Å². The number of pyridine rings is 1. The lowest BCUT2D eigenvalue weighted by Crippen LogP contribution is -2.33. The fourth-order valence-corrected chi connectivity index (χ4v) is 2.90. The van der Waals surface area contributed by atoms with Crippen LogP contribution in [0, 0.1) is 0 Å². The smallest absolute Gasteiger partial charge is 0.277 e. The zero-order valence-electron chi connectivity index (χ0n) is 10.6. The number of rotatable bonds is 2. The van der Waals surface area contributed by atoms with Gasteiger partial charge in [-0.15, -0.1) is 0 Å². The monoisotopic (exact) mass is 360 g/mol. The first-order chi connectivity index (χ1) is 9.95. The number of nitrogens with one attached hydrogen (secondary N) is 1. The van der Waals surface area contributed by atoms with Crippen LogP contribution in [0.5, 0.6) is 0 Å². The predicted molar refractivity (Wildman–Crippen MR) is 75.5 cm³/mol. The van der Waals surface area contributed by atoms with E-state index < -0.39 is 36.7 Å². The zero-order chi connectivity index (χ0) is 15.3. The van der Waals surface area contributed by atoms with Crippen molar-refractivity contribution < 1.29 is 20.1 Å². The third-order valence-corrected chi connectivity index (χ3v) is 4.30. The highest BCUT2D eigenvalue weighted by Gasteiger charge is 2.44. The van der Waals surface area contributed by atoms with Crippen molar-refractivity contribution in [2.24, 2.45) is 0 Å². The number of fused-ring (bicyclic) bond motifs is 1. The lowest BCUT2D eigenvalue weighted by molar-refractivity contribution is -0.0509. The van der Waals surface area contributed by atoms with Crippen LogP contribution in [0.25, 0.3) is 11.0 Å². The Balaban J connectivity index is 2.16. The van der Waals surface area contributed by atoms with Crippen LogP contribution < -0.4 is 11.3 Å². The molecule has 1 saturated heterocycles. The zero-order valence-corrected chi connectivity index (χ0v) is 12.2. The van der Waals surface area contributed by atoms with Crippen molar-refractivity contribution in [1.82, 2.24) is 14.5 Å². The summed E-state index contributed by atoms with van der Waals surface area (Å²) in [6, 6.07) is 0. The van der Waals surface area contributed by atoms with Gasteiger partial charge in [0.1, 0.15) is 24.1 Å². The maximum atomic E-state index is 11.8. The van der Waals surface area contributed by atoms with E-state index in [2.05, 4.69) is 25.9 Å². The minimum Gasteiger partial charge on any atom is -0.394 e. The number of hydrogen-bond acceptors (Lipinski definition) is 7. The summed E-state index contributed by atoms with van der Waals surface area (Å²) in [6.45, 7) is -0.439. The second kappa shape index (κ2) is 5.07. The Morgan fingerprint density at radius 3 is 2.81 bits per heavy atom. The number of halogens is 1. The van der Waals surface area contributed by atoms with Gasteiger partial charge in [-0.3, -0.25) is 9.36 Å². The number of imidazole rings is 1. The molecule has 1 fully saturated rings. The van der Waals surface area contributed by atoms with Crippen molar-refractivity contribution in [3.63, 3.8) is 0 Å². The number of nitrogens with two attached hydrogens (primary N) is 1. The number of aromatic amines is 1. The first-order valence-electron chi connectivity index (χ1n) is 6.12. The first-order valence-corrected chi connectivity index (χ1v) is 6.91. The molecule has 1 aliphatic rings. The molecule has 3 heterocycles.